The van der Waals surface area contributed by atoms with E-state index in [0.717, 1.165) is 0 Å². The molecule has 0 N–H and O–H groups in total. The largest absolute Gasteiger partial charge is 0.333 e. The molecule has 2 aliphatic carbocycles. The predicted molar refractivity (Wildman–Crippen MR) is 171 cm³/mol. The second-order valence-corrected chi connectivity index (χ2v) is 12.4. The Kier molecular flexibility index (Phi) is 4.68. The molecule has 192 valence electrons. The van der Waals surface area contributed by atoms with Gasteiger partial charge in [0.2, 0.25) is 0 Å². The molecule has 0 fully saturated rings. The quantitative estimate of drug-likeness (QED) is 0.215. The zero-order valence-corrected chi connectivity index (χ0v) is 23.1. The normalized spacial score (nSPS) is 22.8. The number of allylic oxidation sites excluding steroid dienone is 3. The molecule has 4 aromatic carbocycles. The van der Waals surface area contributed by atoms with Gasteiger partial charge in [0.25, 0.3) is 0 Å². The summed E-state index contributed by atoms with van der Waals surface area (Å²) >= 11 is 1.93. The van der Waals surface area contributed by atoms with Crippen molar-refractivity contribution in [3.05, 3.63) is 137 Å². The van der Waals surface area contributed by atoms with Crippen molar-refractivity contribution in [3.63, 3.8) is 0 Å². The summed E-state index contributed by atoms with van der Waals surface area (Å²) in [4.78, 5) is 3.95. The number of para-hydroxylation sites is 3. The molecule has 0 spiro atoms. The lowest BCUT2D eigenvalue weighted by Crippen LogP contribution is -2.28. The lowest BCUT2D eigenvalue weighted by molar-refractivity contribution is 0.543. The van der Waals surface area contributed by atoms with Gasteiger partial charge in [0.15, 0.2) is 0 Å². The summed E-state index contributed by atoms with van der Waals surface area (Å²) in [5.74, 6) is 0.745. The number of nitrogens with zero attached hydrogens (tertiary/aromatic N) is 2. The summed E-state index contributed by atoms with van der Waals surface area (Å²) in [6.45, 7) is 2.42. The number of thiophene rings is 1. The minimum absolute atomic E-state index is 0.252. The number of anilines is 2. The second-order valence-electron chi connectivity index (χ2n) is 11.3. The molecule has 6 aromatic rings. The number of hydrogen-bond donors (Lipinski definition) is 0. The Balaban J connectivity index is 1.20. The molecule has 3 heterocycles. The maximum Gasteiger partial charge on any atom is 0.0629 e. The van der Waals surface area contributed by atoms with Gasteiger partial charge >= 0.3 is 0 Å². The minimum atomic E-state index is 0.252. The van der Waals surface area contributed by atoms with E-state index in [9.17, 15) is 0 Å². The van der Waals surface area contributed by atoms with Gasteiger partial charge in [0.05, 0.1) is 12.1 Å². The number of rotatable bonds is 2. The van der Waals surface area contributed by atoms with Gasteiger partial charge in [-0.15, -0.1) is 11.3 Å². The molecule has 0 amide bonds. The zero-order valence-electron chi connectivity index (χ0n) is 22.2. The standard InChI is InChI=1S/C37H28N2S/c1-23-30(39-33-16-8-4-12-27(33)28-13-5-9-17-34(28)39)19-21-36-37(23)29-22-24(18-20-35(29)40-36)38-31-14-6-2-10-25(31)26-11-3-7-15-32(26)38/h2-23,25,30-31H,1H3. The van der Waals surface area contributed by atoms with Crippen LogP contribution in [0.3, 0.4) is 0 Å². The van der Waals surface area contributed by atoms with E-state index >= 15 is 0 Å². The first-order valence-electron chi connectivity index (χ1n) is 14.2. The summed E-state index contributed by atoms with van der Waals surface area (Å²) in [7, 11) is 0. The fourth-order valence-electron chi connectivity index (χ4n) is 7.56. The average molecular weight is 533 g/mol. The van der Waals surface area contributed by atoms with E-state index in [0.29, 0.717) is 17.9 Å². The first kappa shape index (κ1) is 22.5. The molecular formula is C37H28N2S. The second kappa shape index (κ2) is 8.33. The lowest BCUT2D eigenvalue weighted by atomic mass is 9.86. The van der Waals surface area contributed by atoms with Gasteiger partial charge in [-0.2, -0.15) is 0 Å². The Morgan fingerprint density at radius 1 is 0.675 bits per heavy atom. The van der Waals surface area contributed by atoms with Crippen molar-refractivity contribution in [2.45, 2.75) is 30.8 Å². The van der Waals surface area contributed by atoms with Crippen molar-refractivity contribution in [1.29, 1.82) is 0 Å². The van der Waals surface area contributed by atoms with E-state index in [-0.39, 0.29) is 6.04 Å². The van der Waals surface area contributed by atoms with E-state index in [1.165, 1.54) is 59.3 Å². The maximum atomic E-state index is 2.57. The minimum Gasteiger partial charge on any atom is -0.333 e. The fourth-order valence-corrected chi connectivity index (χ4v) is 8.77. The molecule has 0 saturated heterocycles. The van der Waals surface area contributed by atoms with Gasteiger partial charge in [0, 0.05) is 54.6 Å². The zero-order chi connectivity index (χ0) is 26.4. The van der Waals surface area contributed by atoms with Crippen LogP contribution in [0.15, 0.2) is 121 Å². The molecule has 0 radical (unpaired) electrons. The van der Waals surface area contributed by atoms with Crippen LogP contribution in [0.2, 0.25) is 0 Å². The lowest BCUT2D eigenvalue weighted by Gasteiger charge is -2.30. The monoisotopic (exact) mass is 532 g/mol. The molecule has 40 heavy (non-hydrogen) atoms. The summed E-state index contributed by atoms with van der Waals surface area (Å²) in [6.07, 6.45) is 13.9. The topological polar surface area (TPSA) is 8.17 Å². The highest BCUT2D eigenvalue weighted by molar-refractivity contribution is 7.20. The molecule has 2 aromatic heterocycles. The van der Waals surface area contributed by atoms with Crippen molar-refractivity contribution in [3.8, 4) is 0 Å². The number of fused-ring (bicyclic) bond motifs is 9. The van der Waals surface area contributed by atoms with Gasteiger partial charge < -0.3 is 9.47 Å². The third-order valence-electron chi connectivity index (χ3n) is 9.30. The first-order chi connectivity index (χ1) is 19.8. The van der Waals surface area contributed by atoms with Crippen LogP contribution < -0.4 is 4.90 Å². The summed E-state index contributed by atoms with van der Waals surface area (Å²) in [5, 5.41) is 4.06. The van der Waals surface area contributed by atoms with Crippen molar-refractivity contribution >= 4 is 60.7 Å². The van der Waals surface area contributed by atoms with E-state index in [4.69, 9.17) is 0 Å². The van der Waals surface area contributed by atoms with Crippen LogP contribution in [0.25, 0.3) is 38.0 Å². The highest BCUT2D eigenvalue weighted by Crippen LogP contribution is 2.51. The summed E-state index contributed by atoms with van der Waals surface area (Å²) in [5.41, 5.74) is 8.13. The SMILES string of the molecule is CC1c2c(sc3ccc(N4c5ccccc5C5C=CC=CC54)cc23)C=CC1n1c2ccccc2c2ccccc21. The summed E-state index contributed by atoms with van der Waals surface area (Å²) in [6, 6.07) is 34.4. The van der Waals surface area contributed by atoms with Crippen LogP contribution in [0.1, 0.15) is 40.8 Å². The van der Waals surface area contributed by atoms with Gasteiger partial charge in [0.1, 0.15) is 0 Å². The maximum absolute atomic E-state index is 2.57. The molecule has 2 nitrogen and oxygen atoms in total. The predicted octanol–water partition coefficient (Wildman–Crippen LogP) is 10.1. The number of benzene rings is 4. The molecule has 0 saturated carbocycles. The average Bonchev–Trinajstić information content (AvgIpc) is 3.65. The molecule has 0 bridgehead atoms. The Morgan fingerprint density at radius 2 is 1.40 bits per heavy atom. The third-order valence-corrected chi connectivity index (χ3v) is 10.5. The van der Waals surface area contributed by atoms with E-state index in [2.05, 4.69) is 144 Å². The van der Waals surface area contributed by atoms with Crippen LogP contribution in [0.5, 0.6) is 0 Å². The molecule has 1 aliphatic heterocycles. The van der Waals surface area contributed by atoms with Crippen LogP contribution in [-0.2, 0) is 0 Å². The number of hydrogen-bond acceptors (Lipinski definition) is 2. The van der Waals surface area contributed by atoms with Gasteiger partial charge in [-0.3, -0.25) is 0 Å². The number of aromatic nitrogens is 1. The van der Waals surface area contributed by atoms with Crippen molar-refractivity contribution in [2.24, 2.45) is 0 Å². The highest BCUT2D eigenvalue weighted by Gasteiger charge is 2.37. The molecule has 3 heteroatoms. The first-order valence-corrected chi connectivity index (χ1v) is 15.0. The van der Waals surface area contributed by atoms with Crippen LogP contribution >= 0.6 is 11.3 Å². The van der Waals surface area contributed by atoms with Crippen LogP contribution in [0.4, 0.5) is 11.4 Å². The van der Waals surface area contributed by atoms with Crippen LogP contribution in [0, 0.1) is 0 Å². The van der Waals surface area contributed by atoms with Crippen molar-refractivity contribution in [1.82, 2.24) is 4.57 Å². The Hall–Kier alpha value is -4.34. The van der Waals surface area contributed by atoms with Crippen LogP contribution in [-0.4, -0.2) is 10.6 Å². The third kappa shape index (κ3) is 2.99. The van der Waals surface area contributed by atoms with Crippen molar-refractivity contribution in [2.75, 3.05) is 4.90 Å². The molecule has 4 atom stereocenters. The Bertz CT molecular complexity index is 2020. The van der Waals surface area contributed by atoms with E-state index < -0.39 is 0 Å². The van der Waals surface area contributed by atoms with Gasteiger partial charge in [-0.1, -0.05) is 91.9 Å². The van der Waals surface area contributed by atoms with Gasteiger partial charge in [-0.05, 0) is 59.0 Å². The molecule has 3 aliphatic rings. The molecule has 4 unspecified atom stereocenters. The molecule has 9 rings (SSSR count). The highest BCUT2D eigenvalue weighted by atomic mass is 32.1. The fraction of sp³-hybridized carbons (Fsp3) is 0.135. The summed E-state index contributed by atoms with van der Waals surface area (Å²) < 4.78 is 3.94. The Morgan fingerprint density at radius 3 is 2.23 bits per heavy atom. The Labute approximate surface area is 237 Å². The van der Waals surface area contributed by atoms with E-state index in [1.54, 1.807) is 0 Å². The molecular weight excluding hydrogens is 504 g/mol. The van der Waals surface area contributed by atoms with Crippen molar-refractivity contribution < 1.29 is 0 Å². The van der Waals surface area contributed by atoms with E-state index in [1.807, 2.05) is 11.3 Å². The smallest absolute Gasteiger partial charge is 0.0629 e. The van der Waals surface area contributed by atoms with Gasteiger partial charge in [-0.25, -0.2) is 0 Å².